The third-order valence-electron chi connectivity index (χ3n) is 8.04. The fourth-order valence-corrected chi connectivity index (χ4v) is 6.58. The number of amides is 1. The van der Waals surface area contributed by atoms with Gasteiger partial charge in [-0.1, -0.05) is 0 Å². The van der Waals surface area contributed by atoms with E-state index in [-0.39, 0.29) is 29.4 Å². The summed E-state index contributed by atoms with van der Waals surface area (Å²) in [7, 11) is 0. The van der Waals surface area contributed by atoms with Crippen molar-refractivity contribution in [1.82, 2.24) is 36.2 Å². The SMILES string of the molecule is NC1NN2CC(Cl)CNC2C1C(=O)NC1CNCCC1N1CCC(N2CC[C@@H](F)C2)CC1. The Labute approximate surface area is 194 Å². The molecule has 6 unspecified atom stereocenters. The van der Waals surface area contributed by atoms with Crippen molar-refractivity contribution in [3.63, 3.8) is 0 Å². The largest absolute Gasteiger partial charge is 0.350 e. The van der Waals surface area contributed by atoms with Crippen molar-refractivity contribution in [2.75, 3.05) is 52.4 Å². The van der Waals surface area contributed by atoms with Crippen LogP contribution in [-0.4, -0.2) is 115 Å². The average Bonchev–Trinajstić information content (AvgIpc) is 3.36. The van der Waals surface area contributed by atoms with E-state index in [1.54, 1.807) is 0 Å². The van der Waals surface area contributed by atoms with Crippen LogP contribution in [0.1, 0.15) is 25.7 Å². The number of nitrogens with two attached hydrogens (primary N) is 1. The zero-order valence-corrected chi connectivity index (χ0v) is 19.4. The van der Waals surface area contributed by atoms with E-state index >= 15 is 0 Å². The number of hydrogen-bond acceptors (Lipinski definition) is 8. The van der Waals surface area contributed by atoms with Gasteiger partial charge in [-0.15, -0.1) is 11.6 Å². The lowest BCUT2D eigenvalue weighted by Gasteiger charge is -2.45. The van der Waals surface area contributed by atoms with Crippen LogP contribution in [0.3, 0.4) is 0 Å². The molecule has 5 heterocycles. The van der Waals surface area contributed by atoms with E-state index in [1.165, 1.54) is 0 Å². The molecule has 0 aliphatic carbocycles. The lowest BCUT2D eigenvalue weighted by atomic mass is 9.93. The number of carbonyl (C=O) groups excluding carboxylic acids is 1. The molecule has 0 aromatic carbocycles. The summed E-state index contributed by atoms with van der Waals surface area (Å²) in [6.07, 6.45) is 2.64. The minimum absolute atomic E-state index is 0.000961. The van der Waals surface area contributed by atoms with Crippen molar-refractivity contribution < 1.29 is 9.18 Å². The zero-order valence-electron chi connectivity index (χ0n) is 18.7. The highest BCUT2D eigenvalue weighted by molar-refractivity contribution is 6.21. The maximum atomic E-state index is 13.6. The predicted molar refractivity (Wildman–Crippen MR) is 122 cm³/mol. The Morgan fingerprint density at radius 3 is 2.59 bits per heavy atom. The predicted octanol–water partition coefficient (Wildman–Crippen LogP) is -1.40. The normalized spacial score (nSPS) is 42.8. The molecule has 1 amide bonds. The van der Waals surface area contributed by atoms with Crippen molar-refractivity contribution in [2.45, 2.75) is 67.7 Å². The van der Waals surface area contributed by atoms with Gasteiger partial charge in [-0.3, -0.25) is 19.9 Å². The Balaban J connectivity index is 1.18. The van der Waals surface area contributed by atoms with Gasteiger partial charge in [-0.05, 0) is 32.2 Å². The molecule has 5 fully saturated rings. The van der Waals surface area contributed by atoms with Crippen molar-refractivity contribution in [1.29, 1.82) is 0 Å². The molecular formula is C21H38ClFN8O. The summed E-state index contributed by atoms with van der Waals surface area (Å²) in [4.78, 5) is 18.2. The van der Waals surface area contributed by atoms with Gasteiger partial charge in [0.25, 0.3) is 0 Å². The lowest BCUT2D eigenvalue weighted by molar-refractivity contribution is -0.128. The molecule has 7 atom stereocenters. The maximum absolute atomic E-state index is 13.6. The fourth-order valence-electron chi connectivity index (χ4n) is 6.34. The second kappa shape index (κ2) is 9.95. The van der Waals surface area contributed by atoms with E-state index in [4.69, 9.17) is 17.3 Å². The second-order valence-electron chi connectivity index (χ2n) is 10.1. The van der Waals surface area contributed by atoms with E-state index in [0.29, 0.717) is 38.1 Å². The van der Waals surface area contributed by atoms with Crippen molar-refractivity contribution in [2.24, 2.45) is 11.7 Å². The van der Waals surface area contributed by atoms with Crippen LogP contribution in [0.5, 0.6) is 0 Å². The molecule has 0 saturated carbocycles. The molecule has 11 heteroatoms. The molecule has 5 saturated heterocycles. The number of hydrazine groups is 1. The number of nitrogens with zero attached hydrogens (tertiary/aromatic N) is 3. The van der Waals surface area contributed by atoms with Crippen LogP contribution in [-0.2, 0) is 4.79 Å². The lowest BCUT2D eigenvalue weighted by Crippen LogP contribution is -2.64. The van der Waals surface area contributed by atoms with Crippen molar-refractivity contribution in [3.8, 4) is 0 Å². The van der Waals surface area contributed by atoms with Crippen molar-refractivity contribution in [3.05, 3.63) is 0 Å². The molecule has 5 aliphatic rings. The third kappa shape index (κ3) is 4.79. The second-order valence-corrected chi connectivity index (χ2v) is 10.7. The summed E-state index contributed by atoms with van der Waals surface area (Å²) < 4.78 is 13.6. The molecule has 0 bridgehead atoms. The van der Waals surface area contributed by atoms with Crippen LogP contribution >= 0.6 is 11.6 Å². The van der Waals surface area contributed by atoms with Crippen LogP contribution in [0.2, 0.25) is 0 Å². The summed E-state index contributed by atoms with van der Waals surface area (Å²) in [5.74, 6) is -0.367. The number of halogens is 2. The Morgan fingerprint density at radius 2 is 1.84 bits per heavy atom. The van der Waals surface area contributed by atoms with E-state index in [2.05, 4.69) is 31.2 Å². The number of hydrogen-bond donors (Lipinski definition) is 5. The van der Waals surface area contributed by atoms with Crippen LogP contribution in [0, 0.1) is 5.92 Å². The molecule has 9 nitrogen and oxygen atoms in total. The summed E-state index contributed by atoms with van der Waals surface area (Å²) in [6, 6.07) is 0.876. The maximum Gasteiger partial charge on any atom is 0.229 e. The first kappa shape index (κ1) is 23.2. The number of piperidine rings is 2. The minimum atomic E-state index is -0.654. The van der Waals surface area contributed by atoms with Crippen LogP contribution in [0.15, 0.2) is 0 Å². The van der Waals surface area contributed by atoms with E-state index in [1.807, 2.05) is 5.01 Å². The number of nitrogens with one attached hydrogen (secondary N) is 4. The zero-order chi connectivity index (χ0) is 22.2. The fraction of sp³-hybridized carbons (Fsp3) is 0.952. The molecule has 5 aliphatic heterocycles. The average molecular weight is 473 g/mol. The quantitative estimate of drug-likeness (QED) is 0.318. The van der Waals surface area contributed by atoms with Gasteiger partial charge in [0.2, 0.25) is 5.91 Å². The molecule has 0 spiro atoms. The van der Waals surface area contributed by atoms with Crippen molar-refractivity contribution >= 4 is 17.5 Å². The molecule has 182 valence electrons. The number of alkyl halides is 2. The Bertz CT molecular complexity index is 668. The Morgan fingerprint density at radius 1 is 1.06 bits per heavy atom. The minimum Gasteiger partial charge on any atom is -0.350 e. The third-order valence-corrected chi connectivity index (χ3v) is 8.34. The highest BCUT2D eigenvalue weighted by atomic mass is 35.5. The van der Waals surface area contributed by atoms with Gasteiger partial charge in [-0.25, -0.2) is 14.8 Å². The highest BCUT2D eigenvalue weighted by Crippen LogP contribution is 2.27. The molecule has 0 aromatic heterocycles. The molecule has 0 aromatic rings. The molecular weight excluding hydrogens is 435 g/mol. The molecule has 6 N–H and O–H groups in total. The summed E-state index contributed by atoms with van der Waals surface area (Å²) in [5, 5.41) is 12.1. The first-order chi connectivity index (χ1) is 15.5. The van der Waals surface area contributed by atoms with Gasteiger partial charge in [0, 0.05) is 57.9 Å². The number of carbonyl (C=O) groups is 1. The van der Waals surface area contributed by atoms with Gasteiger partial charge in [-0.2, -0.15) is 0 Å². The van der Waals surface area contributed by atoms with Crippen LogP contribution < -0.4 is 27.1 Å². The first-order valence-electron chi connectivity index (χ1n) is 12.3. The van der Waals surface area contributed by atoms with E-state index < -0.39 is 12.3 Å². The topological polar surface area (TPSA) is 101 Å². The van der Waals surface area contributed by atoms with Crippen LogP contribution in [0.4, 0.5) is 4.39 Å². The van der Waals surface area contributed by atoms with Crippen LogP contribution in [0.25, 0.3) is 0 Å². The van der Waals surface area contributed by atoms with Gasteiger partial charge in [0.15, 0.2) is 0 Å². The van der Waals surface area contributed by atoms with Gasteiger partial charge >= 0.3 is 0 Å². The number of fused-ring (bicyclic) bond motifs is 1. The summed E-state index contributed by atoms with van der Waals surface area (Å²) in [5.41, 5.74) is 9.51. The monoisotopic (exact) mass is 472 g/mol. The van der Waals surface area contributed by atoms with E-state index in [0.717, 1.165) is 52.0 Å². The van der Waals surface area contributed by atoms with Gasteiger partial charge in [0.05, 0.1) is 29.7 Å². The molecule has 0 radical (unpaired) electrons. The van der Waals surface area contributed by atoms with Gasteiger partial charge in [0.1, 0.15) is 6.17 Å². The smallest absolute Gasteiger partial charge is 0.229 e. The summed E-state index contributed by atoms with van der Waals surface area (Å²) >= 11 is 6.26. The standard InChI is InChI=1S/C21H38ClFN8O/c22-13-9-26-20-18(19(24)28-31(20)11-13)21(32)27-16-10-25-5-1-17(16)29-7-3-15(4-8-29)30-6-2-14(23)12-30/h13-20,25-26,28H,1-12,24H2,(H,27,32)/t13?,14-,16?,17?,18?,19?,20?/m1/s1. The number of likely N-dealkylation sites (tertiary alicyclic amines) is 2. The first-order valence-corrected chi connectivity index (χ1v) is 12.7. The van der Waals surface area contributed by atoms with Gasteiger partial charge < -0.3 is 16.4 Å². The Kier molecular flexibility index (Phi) is 7.20. The highest BCUT2D eigenvalue weighted by Gasteiger charge is 2.47. The Hall–Kier alpha value is -0.590. The molecule has 32 heavy (non-hydrogen) atoms. The van der Waals surface area contributed by atoms with E-state index in [9.17, 15) is 9.18 Å². The summed E-state index contributed by atoms with van der Waals surface area (Å²) in [6.45, 7) is 6.58. The molecule has 5 rings (SSSR count). The number of rotatable bonds is 4.